The van der Waals surface area contributed by atoms with Crippen molar-refractivity contribution >= 4 is 15.9 Å². The van der Waals surface area contributed by atoms with Gasteiger partial charge in [0.2, 0.25) is 0 Å². The molecule has 0 fully saturated rings. The molecule has 1 rings (SSSR count). The highest BCUT2D eigenvalue weighted by molar-refractivity contribution is 9.09. The molecule has 0 spiro atoms. The van der Waals surface area contributed by atoms with Crippen molar-refractivity contribution in [2.75, 3.05) is 5.33 Å². The van der Waals surface area contributed by atoms with Crippen LogP contribution in [0.4, 0.5) is 0 Å². The van der Waals surface area contributed by atoms with Gasteiger partial charge in [0, 0.05) is 23.6 Å². The largest absolute Gasteiger partial charge is 0.328 e. The quantitative estimate of drug-likeness (QED) is 0.641. The molecule has 1 aromatic heterocycles. The second-order valence-electron chi connectivity index (χ2n) is 3.85. The number of hydrogen-bond donors (Lipinski definition) is 1. The van der Waals surface area contributed by atoms with Crippen LogP contribution in [0.25, 0.3) is 0 Å². The Morgan fingerprint density at radius 3 is 2.56 bits per heavy atom. The van der Waals surface area contributed by atoms with Crippen molar-refractivity contribution in [2.45, 2.75) is 39.2 Å². The summed E-state index contributed by atoms with van der Waals surface area (Å²) in [6.45, 7) is 2.22. The highest BCUT2D eigenvalue weighted by Crippen LogP contribution is 2.02. The van der Waals surface area contributed by atoms with Crippen LogP contribution in [-0.4, -0.2) is 14.9 Å². The summed E-state index contributed by atoms with van der Waals surface area (Å²) >= 11 is 3.37. The van der Waals surface area contributed by atoms with Gasteiger partial charge in [0.05, 0.1) is 0 Å². The summed E-state index contributed by atoms with van der Waals surface area (Å²) in [6, 6.07) is 1.46. The molecule has 90 valence electrons. The fourth-order valence-electron chi connectivity index (χ4n) is 1.57. The topological polar surface area (TPSA) is 54.9 Å². The van der Waals surface area contributed by atoms with E-state index in [-0.39, 0.29) is 11.2 Å². The average Bonchev–Trinajstić information content (AvgIpc) is 2.20. The molecule has 1 heterocycles. The molecule has 0 radical (unpaired) electrons. The molecule has 0 aliphatic rings. The summed E-state index contributed by atoms with van der Waals surface area (Å²) in [4.78, 5) is 25.6. The van der Waals surface area contributed by atoms with E-state index in [0.717, 1.165) is 31.0 Å². The molecular weight excluding hydrogens is 272 g/mol. The van der Waals surface area contributed by atoms with Crippen molar-refractivity contribution in [1.82, 2.24) is 9.55 Å². The number of halogens is 1. The summed E-state index contributed by atoms with van der Waals surface area (Å²) in [6.07, 6.45) is 4.19. The Balaban J connectivity index is 2.55. The van der Waals surface area contributed by atoms with Crippen LogP contribution in [0.15, 0.2) is 15.7 Å². The average molecular weight is 289 g/mol. The number of hydrogen-bond acceptors (Lipinski definition) is 2. The van der Waals surface area contributed by atoms with Crippen molar-refractivity contribution in [3.63, 3.8) is 0 Å². The van der Waals surface area contributed by atoms with E-state index in [1.54, 1.807) is 6.92 Å². The Morgan fingerprint density at radius 1 is 1.25 bits per heavy atom. The number of aryl methyl sites for hydroxylation is 1. The van der Waals surface area contributed by atoms with Crippen LogP contribution in [0.2, 0.25) is 0 Å². The molecule has 5 heteroatoms. The first-order valence-corrected chi connectivity index (χ1v) is 6.64. The van der Waals surface area contributed by atoms with Crippen molar-refractivity contribution in [1.29, 1.82) is 0 Å². The SMILES string of the molecule is Cc1cc(=O)n(CCCCCCBr)c(=O)[nH]1. The Kier molecular flexibility index (Phi) is 5.52. The van der Waals surface area contributed by atoms with E-state index >= 15 is 0 Å². The van der Waals surface area contributed by atoms with E-state index in [0.29, 0.717) is 12.2 Å². The van der Waals surface area contributed by atoms with Gasteiger partial charge in [-0.15, -0.1) is 0 Å². The van der Waals surface area contributed by atoms with Gasteiger partial charge in [-0.25, -0.2) is 4.79 Å². The minimum Gasteiger partial charge on any atom is -0.311 e. The van der Waals surface area contributed by atoms with Crippen LogP contribution in [0, 0.1) is 6.92 Å². The maximum atomic E-state index is 11.5. The first-order chi connectivity index (χ1) is 7.65. The number of unbranched alkanes of at least 4 members (excludes halogenated alkanes) is 3. The van der Waals surface area contributed by atoms with Gasteiger partial charge in [-0.2, -0.15) is 0 Å². The van der Waals surface area contributed by atoms with Gasteiger partial charge in [-0.3, -0.25) is 9.36 Å². The Morgan fingerprint density at radius 2 is 1.94 bits per heavy atom. The Hall–Kier alpha value is -0.840. The molecule has 0 aromatic carbocycles. The summed E-state index contributed by atoms with van der Waals surface area (Å²) in [5.74, 6) is 0. The van der Waals surface area contributed by atoms with Gasteiger partial charge < -0.3 is 4.98 Å². The van der Waals surface area contributed by atoms with E-state index in [9.17, 15) is 9.59 Å². The third kappa shape index (κ3) is 3.96. The number of aromatic amines is 1. The van der Waals surface area contributed by atoms with Crippen LogP contribution in [-0.2, 0) is 6.54 Å². The lowest BCUT2D eigenvalue weighted by atomic mass is 10.2. The van der Waals surface area contributed by atoms with Crippen LogP contribution in [0.3, 0.4) is 0 Å². The first-order valence-electron chi connectivity index (χ1n) is 5.52. The lowest BCUT2D eigenvalue weighted by Gasteiger charge is -2.04. The predicted molar refractivity (Wildman–Crippen MR) is 68.3 cm³/mol. The monoisotopic (exact) mass is 288 g/mol. The molecule has 0 aliphatic carbocycles. The van der Waals surface area contributed by atoms with Gasteiger partial charge in [-0.05, 0) is 19.8 Å². The van der Waals surface area contributed by atoms with E-state index in [4.69, 9.17) is 0 Å². The molecule has 0 bridgehead atoms. The standard InChI is InChI=1S/C11H17BrN2O2/c1-9-8-10(15)14(11(16)13-9)7-5-3-2-4-6-12/h8H,2-7H2,1H3,(H,13,16). The normalized spacial score (nSPS) is 10.6. The fourth-order valence-corrected chi connectivity index (χ4v) is 1.96. The molecule has 16 heavy (non-hydrogen) atoms. The van der Waals surface area contributed by atoms with Gasteiger partial charge in [0.25, 0.3) is 5.56 Å². The Labute approximate surface area is 103 Å². The summed E-state index contributed by atoms with van der Waals surface area (Å²) in [5.41, 5.74) is 0.109. The van der Waals surface area contributed by atoms with E-state index < -0.39 is 0 Å². The third-order valence-corrected chi connectivity index (χ3v) is 2.98. The zero-order valence-electron chi connectivity index (χ0n) is 9.46. The van der Waals surface area contributed by atoms with Crippen LogP contribution < -0.4 is 11.2 Å². The zero-order valence-corrected chi connectivity index (χ0v) is 11.0. The number of alkyl halides is 1. The number of H-pyrrole nitrogens is 1. The van der Waals surface area contributed by atoms with Gasteiger partial charge in [0.1, 0.15) is 0 Å². The van der Waals surface area contributed by atoms with Crippen LogP contribution >= 0.6 is 15.9 Å². The Bertz CT molecular complexity index is 405. The maximum absolute atomic E-state index is 11.5. The number of aromatic nitrogens is 2. The van der Waals surface area contributed by atoms with Gasteiger partial charge >= 0.3 is 5.69 Å². The molecule has 0 amide bonds. The maximum Gasteiger partial charge on any atom is 0.328 e. The second kappa shape index (κ2) is 6.68. The highest BCUT2D eigenvalue weighted by atomic mass is 79.9. The number of rotatable bonds is 6. The first kappa shape index (κ1) is 13.2. The lowest BCUT2D eigenvalue weighted by Crippen LogP contribution is -2.35. The fraction of sp³-hybridized carbons (Fsp3) is 0.636. The lowest BCUT2D eigenvalue weighted by molar-refractivity contribution is 0.550. The van der Waals surface area contributed by atoms with E-state index in [2.05, 4.69) is 20.9 Å². The predicted octanol–water partition coefficient (Wildman–Crippen LogP) is 1.80. The van der Waals surface area contributed by atoms with Gasteiger partial charge in [-0.1, -0.05) is 28.8 Å². The minimum atomic E-state index is -0.300. The van der Waals surface area contributed by atoms with Crippen molar-refractivity contribution < 1.29 is 0 Å². The molecule has 0 saturated heterocycles. The third-order valence-electron chi connectivity index (χ3n) is 2.42. The molecule has 0 aliphatic heterocycles. The zero-order chi connectivity index (χ0) is 12.0. The van der Waals surface area contributed by atoms with E-state index in [1.165, 1.54) is 10.6 Å². The van der Waals surface area contributed by atoms with Crippen molar-refractivity contribution in [3.8, 4) is 0 Å². The number of nitrogens with zero attached hydrogens (tertiary/aromatic N) is 1. The molecule has 0 atom stereocenters. The van der Waals surface area contributed by atoms with E-state index in [1.807, 2.05) is 0 Å². The smallest absolute Gasteiger partial charge is 0.311 e. The summed E-state index contributed by atoms with van der Waals surface area (Å²) in [5, 5.41) is 1.01. The van der Waals surface area contributed by atoms with Gasteiger partial charge in [0.15, 0.2) is 0 Å². The van der Waals surface area contributed by atoms with Crippen molar-refractivity contribution in [3.05, 3.63) is 32.6 Å². The molecular formula is C11H17BrN2O2. The summed E-state index contributed by atoms with van der Waals surface area (Å²) < 4.78 is 1.27. The molecule has 1 aromatic rings. The second-order valence-corrected chi connectivity index (χ2v) is 4.64. The van der Waals surface area contributed by atoms with Crippen molar-refractivity contribution in [2.24, 2.45) is 0 Å². The van der Waals surface area contributed by atoms with Crippen LogP contribution in [0.5, 0.6) is 0 Å². The number of nitrogens with one attached hydrogen (secondary N) is 1. The molecule has 1 N–H and O–H groups in total. The molecule has 4 nitrogen and oxygen atoms in total. The molecule has 0 unspecified atom stereocenters. The summed E-state index contributed by atoms with van der Waals surface area (Å²) in [7, 11) is 0. The van der Waals surface area contributed by atoms with Crippen LogP contribution in [0.1, 0.15) is 31.4 Å². The molecule has 0 saturated carbocycles. The highest BCUT2D eigenvalue weighted by Gasteiger charge is 2.01. The minimum absolute atomic E-state index is 0.207.